The first-order valence-corrected chi connectivity index (χ1v) is 8.43. The largest absolute Gasteiger partial charge is 0.490 e. The van der Waals surface area contributed by atoms with E-state index in [-0.39, 0.29) is 30.1 Å². The second-order valence-electron chi connectivity index (χ2n) is 6.15. The van der Waals surface area contributed by atoms with Gasteiger partial charge in [0.05, 0.1) is 0 Å². The van der Waals surface area contributed by atoms with E-state index in [4.69, 9.17) is 4.74 Å². The number of para-hydroxylation sites is 1. The molecule has 2 aromatic carbocycles. The van der Waals surface area contributed by atoms with Crippen LogP contribution in [0.4, 0.5) is 4.39 Å². The fourth-order valence-electron chi connectivity index (χ4n) is 2.98. The zero-order valence-electron chi connectivity index (χ0n) is 14.1. The monoisotopic (exact) mass is 363 g/mol. The van der Waals surface area contributed by atoms with Crippen LogP contribution in [0.15, 0.2) is 54.6 Å². The molecule has 1 aliphatic heterocycles. The van der Waals surface area contributed by atoms with Crippen molar-refractivity contribution in [1.82, 2.24) is 4.90 Å². The molecule has 0 radical (unpaired) electrons. The van der Waals surface area contributed by atoms with E-state index in [0.29, 0.717) is 12.0 Å². The Labute approximate surface area is 154 Å². The minimum absolute atomic E-state index is 0. The Kier molecular flexibility index (Phi) is 7.41. The van der Waals surface area contributed by atoms with E-state index in [2.05, 4.69) is 4.90 Å². The van der Waals surface area contributed by atoms with E-state index in [1.807, 2.05) is 30.3 Å². The molecule has 3 nitrogen and oxygen atoms in total. The van der Waals surface area contributed by atoms with Crippen molar-refractivity contribution in [3.05, 3.63) is 66.0 Å². The van der Waals surface area contributed by atoms with Gasteiger partial charge >= 0.3 is 0 Å². The summed E-state index contributed by atoms with van der Waals surface area (Å²) in [5.74, 6) is 0.673. The van der Waals surface area contributed by atoms with Gasteiger partial charge in [0.2, 0.25) is 0 Å². The second kappa shape index (κ2) is 9.54. The molecule has 0 unspecified atom stereocenters. The molecular weight excluding hydrogens is 341 g/mol. The van der Waals surface area contributed by atoms with Crippen molar-refractivity contribution in [2.75, 3.05) is 19.6 Å². The van der Waals surface area contributed by atoms with Crippen LogP contribution in [0.2, 0.25) is 0 Å². The molecule has 0 spiro atoms. The quantitative estimate of drug-likeness (QED) is 0.714. The van der Waals surface area contributed by atoms with Gasteiger partial charge in [-0.15, -0.1) is 12.4 Å². The van der Waals surface area contributed by atoms with E-state index < -0.39 is 0 Å². The lowest BCUT2D eigenvalue weighted by Crippen LogP contribution is -2.39. The smallest absolute Gasteiger partial charge is 0.164 e. The third-order valence-electron chi connectivity index (χ3n) is 4.40. The predicted octanol–water partition coefficient (Wildman–Crippen LogP) is 4.36. The summed E-state index contributed by atoms with van der Waals surface area (Å²) in [6.45, 7) is 2.62. The lowest BCUT2D eigenvalue weighted by atomic mass is 10.1. The van der Waals surface area contributed by atoms with E-state index in [0.717, 1.165) is 38.2 Å². The number of hydrogen-bond acceptors (Lipinski definition) is 3. The molecule has 0 atom stereocenters. The maximum atomic E-state index is 12.9. The van der Waals surface area contributed by atoms with E-state index in [1.165, 1.54) is 12.1 Å². The third kappa shape index (κ3) is 5.83. The first-order chi connectivity index (χ1) is 11.7. The number of rotatable bonds is 6. The van der Waals surface area contributed by atoms with E-state index in [9.17, 15) is 9.18 Å². The van der Waals surface area contributed by atoms with Crippen LogP contribution in [0.3, 0.4) is 0 Å². The molecular formula is C20H23ClFNO2. The molecule has 2 aromatic rings. The summed E-state index contributed by atoms with van der Waals surface area (Å²) in [5.41, 5.74) is 0.582. The standard InChI is InChI=1S/C20H22FNO2.ClH/c21-17-8-6-16(7-9-17)20(23)12-15-22-13-10-19(11-14-22)24-18-4-2-1-3-5-18;/h1-9,19H,10-15H2;1H. The Morgan fingerprint density at radius 2 is 1.68 bits per heavy atom. The van der Waals surface area contributed by atoms with E-state index in [1.54, 1.807) is 12.1 Å². The van der Waals surface area contributed by atoms with Crippen LogP contribution < -0.4 is 4.74 Å². The van der Waals surface area contributed by atoms with Gasteiger partial charge in [-0.1, -0.05) is 18.2 Å². The molecule has 3 rings (SSSR count). The number of Topliss-reactive ketones (excluding diaryl/α,β-unsaturated/α-hetero) is 1. The van der Waals surface area contributed by atoms with Crippen molar-refractivity contribution >= 4 is 18.2 Å². The van der Waals surface area contributed by atoms with Crippen molar-refractivity contribution in [2.45, 2.75) is 25.4 Å². The normalized spacial score (nSPS) is 15.4. The number of carbonyl (C=O) groups is 1. The van der Waals surface area contributed by atoms with Gasteiger partial charge in [-0.3, -0.25) is 4.79 Å². The molecule has 5 heteroatoms. The maximum Gasteiger partial charge on any atom is 0.164 e. The first-order valence-electron chi connectivity index (χ1n) is 8.43. The van der Waals surface area contributed by atoms with Crippen molar-refractivity contribution in [3.63, 3.8) is 0 Å². The summed E-state index contributed by atoms with van der Waals surface area (Å²) in [6.07, 6.45) is 2.66. The Morgan fingerprint density at radius 3 is 2.32 bits per heavy atom. The number of hydrogen-bond donors (Lipinski definition) is 0. The highest BCUT2D eigenvalue weighted by Gasteiger charge is 2.21. The molecule has 134 valence electrons. The maximum absolute atomic E-state index is 12.9. The molecule has 0 amide bonds. The van der Waals surface area contributed by atoms with Crippen molar-refractivity contribution in [1.29, 1.82) is 0 Å². The minimum atomic E-state index is -0.313. The van der Waals surface area contributed by atoms with Crippen molar-refractivity contribution in [2.24, 2.45) is 0 Å². The number of halogens is 2. The lowest BCUT2D eigenvalue weighted by Gasteiger charge is -2.32. The molecule has 25 heavy (non-hydrogen) atoms. The van der Waals surface area contributed by atoms with Gasteiger partial charge < -0.3 is 9.64 Å². The van der Waals surface area contributed by atoms with Crippen molar-refractivity contribution < 1.29 is 13.9 Å². The van der Waals surface area contributed by atoms with Crippen LogP contribution in [0.25, 0.3) is 0 Å². The highest BCUT2D eigenvalue weighted by Crippen LogP contribution is 2.19. The van der Waals surface area contributed by atoms with Crippen molar-refractivity contribution in [3.8, 4) is 5.75 Å². The SMILES string of the molecule is Cl.O=C(CCN1CCC(Oc2ccccc2)CC1)c1ccc(F)cc1. The Morgan fingerprint density at radius 1 is 1.04 bits per heavy atom. The summed E-state index contributed by atoms with van der Waals surface area (Å²) in [6, 6.07) is 15.7. The topological polar surface area (TPSA) is 29.5 Å². The Bertz CT molecular complexity index is 655. The van der Waals surface area contributed by atoms with Crippen LogP contribution in [-0.4, -0.2) is 36.4 Å². The van der Waals surface area contributed by atoms with Gasteiger partial charge in [0.15, 0.2) is 5.78 Å². The van der Waals surface area contributed by atoms with E-state index >= 15 is 0 Å². The molecule has 1 aliphatic rings. The summed E-state index contributed by atoms with van der Waals surface area (Å²) in [5, 5.41) is 0. The number of ketones is 1. The molecule has 0 aromatic heterocycles. The molecule has 1 fully saturated rings. The minimum Gasteiger partial charge on any atom is -0.490 e. The number of likely N-dealkylation sites (tertiary alicyclic amines) is 1. The fourth-order valence-corrected chi connectivity index (χ4v) is 2.98. The average molecular weight is 364 g/mol. The van der Waals surface area contributed by atoms with Crippen LogP contribution in [0.1, 0.15) is 29.6 Å². The zero-order chi connectivity index (χ0) is 16.8. The van der Waals surface area contributed by atoms with Gasteiger partial charge in [0.25, 0.3) is 0 Å². The molecule has 0 aliphatic carbocycles. The second-order valence-corrected chi connectivity index (χ2v) is 6.15. The van der Waals surface area contributed by atoms with Crippen LogP contribution >= 0.6 is 12.4 Å². The molecule has 0 N–H and O–H groups in total. The van der Waals surface area contributed by atoms with Crippen LogP contribution in [0.5, 0.6) is 5.75 Å². The summed E-state index contributed by atoms with van der Waals surface area (Å²) in [7, 11) is 0. The number of carbonyl (C=O) groups excluding carboxylic acids is 1. The Hall–Kier alpha value is -1.91. The highest BCUT2D eigenvalue weighted by atomic mass is 35.5. The van der Waals surface area contributed by atoms with Crippen LogP contribution in [-0.2, 0) is 0 Å². The molecule has 0 bridgehead atoms. The predicted molar refractivity (Wildman–Crippen MR) is 99.1 cm³/mol. The Balaban J connectivity index is 0.00000225. The summed E-state index contributed by atoms with van der Waals surface area (Å²) in [4.78, 5) is 14.4. The van der Waals surface area contributed by atoms with Gasteiger partial charge in [-0.2, -0.15) is 0 Å². The molecule has 0 saturated carbocycles. The lowest BCUT2D eigenvalue weighted by molar-refractivity contribution is 0.0877. The summed E-state index contributed by atoms with van der Waals surface area (Å²) < 4.78 is 18.9. The van der Waals surface area contributed by atoms with Gasteiger partial charge in [0, 0.05) is 31.6 Å². The highest BCUT2D eigenvalue weighted by molar-refractivity contribution is 5.96. The molecule has 1 heterocycles. The van der Waals surface area contributed by atoms with Gasteiger partial charge in [0.1, 0.15) is 17.7 Å². The number of nitrogens with zero attached hydrogens (tertiary/aromatic N) is 1. The van der Waals surface area contributed by atoms with Gasteiger partial charge in [-0.25, -0.2) is 4.39 Å². The number of piperidine rings is 1. The molecule has 1 saturated heterocycles. The average Bonchev–Trinajstić information content (AvgIpc) is 2.62. The van der Waals surface area contributed by atoms with Crippen LogP contribution in [0, 0.1) is 5.82 Å². The third-order valence-corrected chi connectivity index (χ3v) is 4.40. The number of benzene rings is 2. The van der Waals surface area contributed by atoms with Gasteiger partial charge in [-0.05, 0) is 49.2 Å². The number of ether oxygens (including phenoxy) is 1. The first kappa shape index (κ1) is 19.4. The summed E-state index contributed by atoms with van der Waals surface area (Å²) >= 11 is 0. The fraction of sp³-hybridized carbons (Fsp3) is 0.350. The zero-order valence-corrected chi connectivity index (χ0v) is 14.9.